The van der Waals surface area contributed by atoms with Gasteiger partial charge in [-0.25, -0.2) is 9.97 Å². The van der Waals surface area contributed by atoms with Gasteiger partial charge in [-0.15, -0.1) is 0 Å². The van der Waals surface area contributed by atoms with Crippen molar-refractivity contribution >= 4 is 5.95 Å². The second-order valence-corrected chi connectivity index (χ2v) is 6.97. The molecule has 1 fully saturated rings. The van der Waals surface area contributed by atoms with Gasteiger partial charge in [0.1, 0.15) is 0 Å². The number of rotatable bonds is 4. The fourth-order valence-electron chi connectivity index (χ4n) is 3.71. The van der Waals surface area contributed by atoms with E-state index in [0.717, 1.165) is 51.5 Å². The number of anilines is 1. The SMILES string of the molecule is CCc1ccc(CN2CCc3nc(N4CCCC4)ncc3C2)cc1. The zero-order chi connectivity index (χ0) is 16.4. The van der Waals surface area contributed by atoms with Crippen LogP contribution >= 0.6 is 0 Å². The van der Waals surface area contributed by atoms with Crippen molar-refractivity contribution in [3.63, 3.8) is 0 Å². The summed E-state index contributed by atoms with van der Waals surface area (Å²) in [6, 6.07) is 9.03. The maximum Gasteiger partial charge on any atom is 0.225 e. The molecule has 126 valence electrons. The average molecular weight is 322 g/mol. The van der Waals surface area contributed by atoms with Crippen LogP contribution in [-0.2, 0) is 25.9 Å². The van der Waals surface area contributed by atoms with E-state index in [-0.39, 0.29) is 0 Å². The Kier molecular flexibility index (Phi) is 4.48. The summed E-state index contributed by atoms with van der Waals surface area (Å²) in [6.45, 7) is 7.48. The van der Waals surface area contributed by atoms with Crippen molar-refractivity contribution in [2.45, 2.75) is 45.7 Å². The Labute approximate surface area is 144 Å². The number of aromatic nitrogens is 2. The third-order valence-electron chi connectivity index (χ3n) is 5.23. The van der Waals surface area contributed by atoms with Gasteiger partial charge < -0.3 is 4.90 Å². The lowest BCUT2D eigenvalue weighted by Gasteiger charge is -2.28. The molecule has 0 atom stereocenters. The molecule has 2 aliphatic rings. The smallest absolute Gasteiger partial charge is 0.225 e. The summed E-state index contributed by atoms with van der Waals surface area (Å²) >= 11 is 0. The van der Waals surface area contributed by atoms with Crippen LogP contribution < -0.4 is 4.90 Å². The second kappa shape index (κ2) is 6.89. The van der Waals surface area contributed by atoms with Gasteiger partial charge in [-0.2, -0.15) is 0 Å². The van der Waals surface area contributed by atoms with Crippen LogP contribution in [0, 0.1) is 0 Å². The summed E-state index contributed by atoms with van der Waals surface area (Å²) < 4.78 is 0. The van der Waals surface area contributed by atoms with E-state index in [1.165, 1.54) is 35.2 Å². The van der Waals surface area contributed by atoms with E-state index >= 15 is 0 Å². The van der Waals surface area contributed by atoms with Gasteiger partial charge in [-0.3, -0.25) is 4.90 Å². The number of nitrogens with zero attached hydrogens (tertiary/aromatic N) is 4. The third kappa shape index (κ3) is 3.29. The molecule has 0 spiro atoms. The molecule has 4 nitrogen and oxygen atoms in total. The molecule has 0 saturated carbocycles. The number of hydrogen-bond donors (Lipinski definition) is 0. The van der Waals surface area contributed by atoms with E-state index in [0.29, 0.717) is 0 Å². The van der Waals surface area contributed by atoms with E-state index in [1.807, 2.05) is 0 Å². The molecule has 0 bridgehead atoms. The molecule has 1 aromatic heterocycles. The van der Waals surface area contributed by atoms with Crippen LogP contribution in [0.5, 0.6) is 0 Å². The third-order valence-corrected chi connectivity index (χ3v) is 5.23. The van der Waals surface area contributed by atoms with E-state index < -0.39 is 0 Å². The van der Waals surface area contributed by atoms with E-state index in [9.17, 15) is 0 Å². The molecule has 0 aliphatic carbocycles. The first kappa shape index (κ1) is 15.6. The molecule has 4 heteroatoms. The molecule has 3 heterocycles. The van der Waals surface area contributed by atoms with Crippen molar-refractivity contribution < 1.29 is 0 Å². The molecule has 0 amide bonds. The number of aryl methyl sites for hydroxylation is 1. The zero-order valence-corrected chi connectivity index (χ0v) is 14.5. The average Bonchev–Trinajstić information content (AvgIpc) is 3.17. The fraction of sp³-hybridized carbons (Fsp3) is 0.500. The molecular formula is C20H26N4. The van der Waals surface area contributed by atoms with Crippen molar-refractivity contribution in [3.8, 4) is 0 Å². The summed E-state index contributed by atoms with van der Waals surface area (Å²) in [5, 5.41) is 0. The van der Waals surface area contributed by atoms with Crippen LogP contribution in [0.1, 0.15) is 42.1 Å². The summed E-state index contributed by atoms with van der Waals surface area (Å²) in [5.74, 6) is 0.940. The first-order chi connectivity index (χ1) is 11.8. The molecule has 2 aromatic rings. The van der Waals surface area contributed by atoms with Gasteiger partial charge in [-0.05, 0) is 30.4 Å². The van der Waals surface area contributed by atoms with Crippen molar-refractivity contribution in [2.75, 3.05) is 24.5 Å². The minimum atomic E-state index is 0.940. The summed E-state index contributed by atoms with van der Waals surface area (Å²) in [7, 11) is 0. The Hall–Kier alpha value is -1.94. The van der Waals surface area contributed by atoms with Crippen LogP contribution in [0.4, 0.5) is 5.95 Å². The summed E-state index contributed by atoms with van der Waals surface area (Å²) in [4.78, 5) is 14.3. The highest BCUT2D eigenvalue weighted by atomic mass is 15.3. The monoisotopic (exact) mass is 322 g/mol. The predicted octanol–water partition coefficient (Wildman–Crippen LogP) is 3.20. The lowest BCUT2D eigenvalue weighted by Crippen LogP contribution is -2.31. The standard InChI is InChI=1S/C20H26N4/c1-2-16-5-7-17(8-6-16)14-23-12-9-19-18(15-23)13-21-20(22-19)24-10-3-4-11-24/h5-8,13H,2-4,9-12,14-15H2,1H3. The van der Waals surface area contributed by atoms with Crippen LogP contribution in [0.15, 0.2) is 30.5 Å². The highest BCUT2D eigenvalue weighted by Crippen LogP contribution is 2.22. The largest absolute Gasteiger partial charge is 0.341 e. The second-order valence-electron chi connectivity index (χ2n) is 6.97. The lowest BCUT2D eigenvalue weighted by molar-refractivity contribution is 0.243. The number of fused-ring (bicyclic) bond motifs is 1. The van der Waals surface area contributed by atoms with Gasteiger partial charge in [0, 0.05) is 50.9 Å². The van der Waals surface area contributed by atoms with E-state index in [4.69, 9.17) is 4.98 Å². The molecule has 0 N–H and O–H groups in total. The molecule has 2 aliphatic heterocycles. The molecule has 0 unspecified atom stereocenters. The Bertz CT molecular complexity index is 689. The maximum atomic E-state index is 4.85. The van der Waals surface area contributed by atoms with Gasteiger partial charge in [-0.1, -0.05) is 31.2 Å². The highest BCUT2D eigenvalue weighted by Gasteiger charge is 2.21. The maximum absolute atomic E-state index is 4.85. The minimum absolute atomic E-state index is 0.940. The van der Waals surface area contributed by atoms with Crippen molar-refractivity contribution in [1.29, 1.82) is 0 Å². The van der Waals surface area contributed by atoms with Gasteiger partial charge in [0.25, 0.3) is 0 Å². The lowest BCUT2D eigenvalue weighted by atomic mass is 10.1. The van der Waals surface area contributed by atoms with Crippen LogP contribution in [-0.4, -0.2) is 34.5 Å². The molecule has 0 radical (unpaired) electrons. The van der Waals surface area contributed by atoms with Crippen LogP contribution in [0.2, 0.25) is 0 Å². The van der Waals surface area contributed by atoms with Crippen LogP contribution in [0.25, 0.3) is 0 Å². The molecule has 24 heavy (non-hydrogen) atoms. The molecular weight excluding hydrogens is 296 g/mol. The van der Waals surface area contributed by atoms with Crippen molar-refractivity contribution in [1.82, 2.24) is 14.9 Å². The topological polar surface area (TPSA) is 32.3 Å². The molecule has 4 rings (SSSR count). The zero-order valence-electron chi connectivity index (χ0n) is 14.5. The Morgan fingerprint density at radius 3 is 2.50 bits per heavy atom. The number of hydrogen-bond acceptors (Lipinski definition) is 4. The summed E-state index contributed by atoms with van der Waals surface area (Å²) in [6.07, 6.45) is 6.73. The van der Waals surface area contributed by atoms with E-state index in [2.05, 4.69) is 52.2 Å². The predicted molar refractivity (Wildman–Crippen MR) is 97.1 cm³/mol. The fourth-order valence-corrected chi connectivity index (χ4v) is 3.71. The molecule has 1 saturated heterocycles. The Morgan fingerprint density at radius 2 is 1.75 bits per heavy atom. The minimum Gasteiger partial charge on any atom is -0.341 e. The van der Waals surface area contributed by atoms with Gasteiger partial charge in [0.2, 0.25) is 5.95 Å². The van der Waals surface area contributed by atoms with Gasteiger partial charge in [0.05, 0.1) is 5.69 Å². The Balaban J connectivity index is 1.43. The van der Waals surface area contributed by atoms with Crippen molar-refractivity contribution in [2.24, 2.45) is 0 Å². The van der Waals surface area contributed by atoms with Gasteiger partial charge >= 0.3 is 0 Å². The normalized spacial score (nSPS) is 18.0. The first-order valence-electron chi connectivity index (χ1n) is 9.22. The molecule has 1 aromatic carbocycles. The van der Waals surface area contributed by atoms with Gasteiger partial charge in [0.15, 0.2) is 0 Å². The number of benzene rings is 1. The Morgan fingerprint density at radius 1 is 1.00 bits per heavy atom. The first-order valence-corrected chi connectivity index (χ1v) is 9.22. The quantitative estimate of drug-likeness (QED) is 0.865. The van der Waals surface area contributed by atoms with E-state index in [1.54, 1.807) is 0 Å². The van der Waals surface area contributed by atoms with Crippen molar-refractivity contribution in [3.05, 3.63) is 52.8 Å². The highest BCUT2D eigenvalue weighted by molar-refractivity contribution is 5.35. The summed E-state index contributed by atoms with van der Waals surface area (Å²) in [5.41, 5.74) is 5.36. The van der Waals surface area contributed by atoms with Crippen LogP contribution in [0.3, 0.4) is 0 Å².